The highest BCUT2D eigenvalue weighted by molar-refractivity contribution is 7.47. The molecule has 0 amide bonds. The Labute approximate surface area is 517 Å². The summed E-state index contributed by atoms with van der Waals surface area (Å²) in [6.45, 7) is 3.85. The van der Waals surface area contributed by atoms with E-state index < -0.39 is 26.5 Å². The molecular formula is C73H146NO8P. The molecule has 496 valence electrons. The topological polar surface area (TPSA) is 134 Å². The Hall–Kier alpha value is -0.990. The van der Waals surface area contributed by atoms with E-state index in [0.29, 0.717) is 12.8 Å². The lowest BCUT2D eigenvalue weighted by Gasteiger charge is -2.19. The molecule has 0 heterocycles. The zero-order valence-electron chi connectivity index (χ0n) is 56.0. The highest BCUT2D eigenvalue weighted by Gasteiger charge is 2.26. The van der Waals surface area contributed by atoms with E-state index in [1.54, 1.807) is 0 Å². The molecule has 0 saturated carbocycles. The number of unbranched alkanes of at least 4 members (excludes halogenated alkanes) is 60. The van der Waals surface area contributed by atoms with Crippen molar-refractivity contribution in [3.63, 3.8) is 0 Å². The lowest BCUT2D eigenvalue weighted by molar-refractivity contribution is -0.161. The van der Waals surface area contributed by atoms with Crippen molar-refractivity contribution in [2.75, 3.05) is 26.4 Å². The van der Waals surface area contributed by atoms with Crippen LogP contribution in [0.4, 0.5) is 0 Å². The van der Waals surface area contributed by atoms with E-state index in [1.807, 2.05) is 0 Å². The number of rotatable bonds is 73. The number of carbonyl (C=O) groups is 2. The summed E-state index contributed by atoms with van der Waals surface area (Å²) in [6, 6.07) is 0. The van der Waals surface area contributed by atoms with Crippen molar-refractivity contribution in [1.82, 2.24) is 0 Å². The van der Waals surface area contributed by atoms with Crippen molar-refractivity contribution in [2.45, 2.75) is 431 Å². The number of nitrogens with two attached hydrogens (primary N) is 1. The molecule has 0 saturated heterocycles. The number of ether oxygens (including phenoxy) is 2. The molecule has 0 aromatic heterocycles. The summed E-state index contributed by atoms with van der Waals surface area (Å²) in [6.07, 6.45) is 83.8. The second-order valence-electron chi connectivity index (χ2n) is 25.9. The number of esters is 2. The van der Waals surface area contributed by atoms with Crippen molar-refractivity contribution in [2.24, 2.45) is 5.73 Å². The van der Waals surface area contributed by atoms with Crippen LogP contribution in [0.5, 0.6) is 0 Å². The van der Waals surface area contributed by atoms with Crippen LogP contribution in [0.25, 0.3) is 0 Å². The zero-order chi connectivity index (χ0) is 60.1. The van der Waals surface area contributed by atoms with Crippen LogP contribution in [0.2, 0.25) is 0 Å². The molecule has 0 aromatic carbocycles. The molecule has 0 aliphatic heterocycles. The van der Waals surface area contributed by atoms with Gasteiger partial charge < -0.3 is 20.1 Å². The van der Waals surface area contributed by atoms with Crippen molar-refractivity contribution in [3.05, 3.63) is 0 Å². The normalized spacial score (nSPS) is 12.8. The van der Waals surface area contributed by atoms with Crippen LogP contribution in [-0.4, -0.2) is 49.3 Å². The SMILES string of the molecule is CCCCCCCCCCCCCCCCCCCCCCCCCCCCCCCCCCCCCC(=O)OC(COC(=O)CCCCCCCCCCCCCCCCCCCCCCCCCCCCC)COP(=O)(O)OCCN. The van der Waals surface area contributed by atoms with Gasteiger partial charge >= 0.3 is 19.8 Å². The van der Waals surface area contributed by atoms with Crippen molar-refractivity contribution < 1.29 is 37.6 Å². The first-order valence-corrected chi connectivity index (χ1v) is 39.0. The average molecular weight is 1200 g/mol. The van der Waals surface area contributed by atoms with Gasteiger partial charge in [-0.1, -0.05) is 399 Å². The first-order chi connectivity index (χ1) is 40.8. The van der Waals surface area contributed by atoms with Crippen molar-refractivity contribution in [3.8, 4) is 0 Å². The maximum absolute atomic E-state index is 12.8. The molecule has 9 nitrogen and oxygen atoms in total. The van der Waals surface area contributed by atoms with Gasteiger partial charge in [-0.15, -0.1) is 0 Å². The number of phosphoric acid groups is 1. The number of carbonyl (C=O) groups excluding carboxylic acids is 2. The average Bonchev–Trinajstić information content (AvgIpc) is 3.48. The highest BCUT2D eigenvalue weighted by atomic mass is 31.2. The third kappa shape index (κ3) is 70.0. The van der Waals surface area contributed by atoms with Gasteiger partial charge in [0.2, 0.25) is 0 Å². The number of hydrogen-bond acceptors (Lipinski definition) is 8. The Bertz CT molecular complexity index is 1320. The molecule has 83 heavy (non-hydrogen) atoms. The van der Waals surface area contributed by atoms with Gasteiger partial charge in [-0.2, -0.15) is 0 Å². The smallest absolute Gasteiger partial charge is 0.462 e. The van der Waals surface area contributed by atoms with E-state index in [0.717, 1.165) is 32.1 Å². The van der Waals surface area contributed by atoms with Gasteiger partial charge in [0.25, 0.3) is 0 Å². The van der Waals surface area contributed by atoms with Crippen LogP contribution in [0.1, 0.15) is 425 Å². The van der Waals surface area contributed by atoms with Crippen LogP contribution < -0.4 is 5.73 Å². The molecule has 0 rings (SSSR count). The van der Waals surface area contributed by atoms with Gasteiger partial charge in [-0.05, 0) is 12.8 Å². The van der Waals surface area contributed by atoms with E-state index >= 15 is 0 Å². The fourth-order valence-electron chi connectivity index (χ4n) is 11.9. The summed E-state index contributed by atoms with van der Waals surface area (Å²) in [4.78, 5) is 35.4. The Kier molecular flexibility index (Phi) is 69.3. The lowest BCUT2D eigenvalue weighted by Crippen LogP contribution is -2.29. The van der Waals surface area contributed by atoms with Crippen LogP contribution in [0.3, 0.4) is 0 Å². The maximum Gasteiger partial charge on any atom is 0.472 e. The molecular weight excluding hydrogens is 1050 g/mol. The van der Waals surface area contributed by atoms with E-state index in [1.165, 1.54) is 360 Å². The van der Waals surface area contributed by atoms with Gasteiger partial charge in [0.1, 0.15) is 6.61 Å². The second kappa shape index (κ2) is 70.1. The first kappa shape index (κ1) is 82.0. The maximum atomic E-state index is 12.8. The van der Waals surface area contributed by atoms with Crippen LogP contribution >= 0.6 is 7.82 Å². The Balaban J connectivity index is 3.75. The Morgan fingerprint density at radius 2 is 0.518 bits per heavy atom. The monoisotopic (exact) mass is 1200 g/mol. The van der Waals surface area contributed by atoms with Crippen LogP contribution in [0.15, 0.2) is 0 Å². The molecule has 3 N–H and O–H groups in total. The van der Waals surface area contributed by atoms with Gasteiger partial charge in [-0.3, -0.25) is 18.6 Å². The molecule has 2 unspecified atom stereocenters. The number of phosphoric ester groups is 1. The quantitative estimate of drug-likeness (QED) is 0.0347. The van der Waals surface area contributed by atoms with Crippen LogP contribution in [0, 0.1) is 0 Å². The second-order valence-corrected chi connectivity index (χ2v) is 27.3. The summed E-state index contributed by atoms with van der Waals surface area (Å²) >= 11 is 0. The van der Waals surface area contributed by atoms with Gasteiger partial charge in [0.05, 0.1) is 13.2 Å². The molecule has 0 bridgehead atoms. The fourth-order valence-corrected chi connectivity index (χ4v) is 12.7. The highest BCUT2D eigenvalue weighted by Crippen LogP contribution is 2.43. The fraction of sp³-hybridized carbons (Fsp3) is 0.973. The van der Waals surface area contributed by atoms with Crippen LogP contribution in [-0.2, 0) is 32.7 Å². The molecule has 0 fully saturated rings. The molecule has 0 aliphatic carbocycles. The minimum absolute atomic E-state index is 0.0589. The molecule has 2 atom stereocenters. The third-order valence-corrected chi connectivity index (χ3v) is 18.5. The summed E-state index contributed by atoms with van der Waals surface area (Å²) in [5, 5.41) is 0. The summed E-state index contributed by atoms with van der Waals surface area (Å²) < 4.78 is 33.2. The molecule has 0 spiro atoms. The molecule has 0 aliphatic rings. The Morgan fingerprint density at radius 3 is 0.735 bits per heavy atom. The number of hydrogen-bond donors (Lipinski definition) is 2. The van der Waals surface area contributed by atoms with Gasteiger partial charge in [-0.25, -0.2) is 4.57 Å². The molecule has 10 heteroatoms. The minimum Gasteiger partial charge on any atom is -0.462 e. The minimum atomic E-state index is -4.39. The standard InChI is InChI=1S/C73H146NO8P/c1-3-5-7-9-11-13-15-17-19-21-23-25-27-29-31-32-33-34-35-36-37-38-40-42-44-46-48-50-52-54-56-58-60-62-64-66-73(76)82-71(70-81-83(77,78)80-68-67-74)69-79-72(75)65-63-61-59-57-55-53-51-49-47-45-43-41-39-30-28-26-24-22-20-18-16-14-12-10-8-6-4-2/h71H,3-70,74H2,1-2H3,(H,77,78). The summed E-state index contributed by atoms with van der Waals surface area (Å²) in [5.74, 6) is -0.796. The Morgan fingerprint density at radius 1 is 0.313 bits per heavy atom. The lowest BCUT2D eigenvalue weighted by atomic mass is 10.0. The third-order valence-electron chi connectivity index (χ3n) is 17.5. The largest absolute Gasteiger partial charge is 0.472 e. The van der Waals surface area contributed by atoms with E-state index in [4.69, 9.17) is 24.3 Å². The molecule has 0 aromatic rings. The van der Waals surface area contributed by atoms with Crippen molar-refractivity contribution in [1.29, 1.82) is 0 Å². The molecule has 0 radical (unpaired) electrons. The predicted octanol–water partition coefficient (Wildman–Crippen LogP) is 24.5. The van der Waals surface area contributed by atoms with E-state index in [2.05, 4.69) is 13.8 Å². The predicted molar refractivity (Wildman–Crippen MR) is 358 cm³/mol. The zero-order valence-corrected chi connectivity index (χ0v) is 56.9. The van der Waals surface area contributed by atoms with Gasteiger partial charge in [0.15, 0.2) is 6.10 Å². The van der Waals surface area contributed by atoms with Gasteiger partial charge in [0, 0.05) is 19.4 Å². The van der Waals surface area contributed by atoms with E-state index in [-0.39, 0.29) is 32.1 Å². The first-order valence-electron chi connectivity index (χ1n) is 37.5. The van der Waals surface area contributed by atoms with Crippen molar-refractivity contribution >= 4 is 19.8 Å². The van der Waals surface area contributed by atoms with E-state index in [9.17, 15) is 19.0 Å². The summed E-state index contributed by atoms with van der Waals surface area (Å²) in [5.41, 5.74) is 5.41. The summed E-state index contributed by atoms with van der Waals surface area (Å²) in [7, 11) is -4.39.